The lowest BCUT2D eigenvalue weighted by atomic mass is 9.85. The number of nitrogens with zero attached hydrogens (tertiary/aromatic N) is 1. The van der Waals surface area contributed by atoms with Crippen LogP contribution in [-0.4, -0.2) is 5.91 Å². The quantitative estimate of drug-likeness (QED) is 0.626. The van der Waals surface area contributed by atoms with E-state index in [0.717, 1.165) is 16.7 Å². The van der Waals surface area contributed by atoms with Gasteiger partial charge in [-0.25, -0.2) is 0 Å². The molecule has 3 nitrogen and oxygen atoms in total. The highest BCUT2D eigenvalue weighted by molar-refractivity contribution is 5.97. The molecule has 0 aliphatic heterocycles. The molecule has 3 heteroatoms. The molecule has 2 aromatic rings. The van der Waals surface area contributed by atoms with Gasteiger partial charge < -0.3 is 5.32 Å². The minimum Gasteiger partial charge on any atom is -0.324 e. The van der Waals surface area contributed by atoms with Crippen LogP contribution in [0.2, 0.25) is 0 Å². The molecule has 0 bridgehead atoms. The van der Waals surface area contributed by atoms with E-state index in [9.17, 15) is 10.1 Å². The van der Waals surface area contributed by atoms with Crippen molar-refractivity contribution in [2.75, 3.05) is 0 Å². The normalized spacial score (nSPS) is 12.8. The predicted molar refractivity (Wildman–Crippen MR) is 121 cm³/mol. The largest absolute Gasteiger partial charge is 0.324 e. The Morgan fingerprint density at radius 2 is 1.38 bits per heavy atom. The SMILES string of the molecule is Cc1cc(C)cc(C(C#N)=C(NC(=O)c2ccc(C(C)(C)C)cc2)C(C)(C)C)c1. The number of rotatable bonds is 3. The number of aryl methyl sites for hydroxylation is 2. The number of nitriles is 1. The number of nitrogens with one attached hydrogen (secondary N) is 1. The first-order valence-electron chi connectivity index (χ1n) is 9.98. The number of amides is 1. The van der Waals surface area contributed by atoms with E-state index in [4.69, 9.17) is 0 Å². The molecule has 0 aliphatic rings. The molecule has 0 unspecified atom stereocenters. The molecule has 2 aromatic carbocycles. The molecule has 1 N–H and O–H groups in total. The zero-order valence-corrected chi connectivity index (χ0v) is 18.9. The minimum absolute atomic E-state index is 0.0302. The van der Waals surface area contributed by atoms with Gasteiger partial charge in [-0.3, -0.25) is 4.79 Å². The highest BCUT2D eigenvalue weighted by Crippen LogP contribution is 2.31. The molecule has 1 amide bonds. The average molecular weight is 389 g/mol. The summed E-state index contributed by atoms with van der Waals surface area (Å²) < 4.78 is 0. The molecular formula is C26H32N2O. The molecule has 0 fully saturated rings. The van der Waals surface area contributed by atoms with Gasteiger partial charge in [0, 0.05) is 16.7 Å². The maximum Gasteiger partial charge on any atom is 0.255 e. The van der Waals surface area contributed by atoms with Crippen molar-refractivity contribution in [3.8, 4) is 6.07 Å². The summed E-state index contributed by atoms with van der Waals surface area (Å²) in [5.41, 5.74) is 5.53. The van der Waals surface area contributed by atoms with Crippen molar-refractivity contribution < 1.29 is 4.79 Å². The fourth-order valence-corrected chi connectivity index (χ4v) is 3.32. The Kier molecular flexibility index (Phi) is 6.38. The molecule has 0 atom stereocenters. The summed E-state index contributed by atoms with van der Waals surface area (Å²) in [7, 11) is 0. The fraction of sp³-hybridized carbons (Fsp3) is 0.385. The standard InChI is InChI=1S/C26H32N2O/c1-17-13-18(2)15-20(14-17)22(16-27)23(26(6,7)8)28-24(29)19-9-11-21(12-10-19)25(3,4)5/h9-15H,1-8H3,(H,28,29). The van der Waals surface area contributed by atoms with Crippen molar-refractivity contribution >= 4 is 11.5 Å². The lowest BCUT2D eigenvalue weighted by molar-refractivity contribution is 0.0958. The summed E-state index contributed by atoms with van der Waals surface area (Å²) in [6, 6.07) is 16.1. The van der Waals surface area contributed by atoms with Crippen LogP contribution in [0, 0.1) is 30.6 Å². The Labute approximate surface area is 175 Å². The Morgan fingerprint density at radius 3 is 1.79 bits per heavy atom. The van der Waals surface area contributed by atoms with E-state index in [1.165, 1.54) is 5.56 Å². The van der Waals surface area contributed by atoms with Gasteiger partial charge in [-0.15, -0.1) is 0 Å². The molecule has 0 aliphatic carbocycles. The van der Waals surface area contributed by atoms with Crippen LogP contribution in [0.3, 0.4) is 0 Å². The summed E-state index contributed by atoms with van der Waals surface area (Å²) in [4.78, 5) is 13.0. The van der Waals surface area contributed by atoms with Crippen LogP contribution in [-0.2, 0) is 5.41 Å². The molecule has 0 saturated carbocycles. The van der Waals surface area contributed by atoms with Crippen LogP contribution in [0.4, 0.5) is 0 Å². The van der Waals surface area contributed by atoms with Crippen molar-refractivity contribution in [1.82, 2.24) is 5.32 Å². The van der Waals surface area contributed by atoms with Crippen molar-refractivity contribution in [2.24, 2.45) is 5.41 Å². The Morgan fingerprint density at radius 1 is 0.862 bits per heavy atom. The maximum atomic E-state index is 13.0. The second-order valence-corrected chi connectivity index (χ2v) is 9.77. The number of hydrogen-bond donors (Lipinski definition) is 1. The third-order valence-electron chi connectivity index (χ3n) is 4.87. The first-order chi connectivity index (χ1) is 13.3. The van der Waals surface area contributed by atoms with Gasteiger partial charge >= 0.3 is 0 Å². The Balaban J connectivity index is 2.49. The molecule has 0 saturated heterocycles. The van der Waals surface area contributed by atoms with Gasteiger partial charge in [-0.2, -0.15) is 5.26 Å². The lowest BCUT2D eigenvalue weighted by Crippen LogP contribution is -2.31. The first-order valence-corrected chi connectivity index (χ1v) is 9.98. The van der Waals surface area contributed by atoms with Crippen LogP contribution in [0.5, 0.6) is 0 Å². The predicted octanol–water partition coefficient (Wildman–Crippen LogP) is 6.31. The topological polar surface area (TPSA) is 52.9 Å². The maximum absolute atomic E-state index is 13.0. The number of hydrogen-bond acceptors (Lipinski definition) is 2. The smallest absolute Gasteiger partial charge is 0.255 e. The second-order valence-electron chi connectivity index (χ2n) is 9.77. The number of allylic oxidation sites excluding steroid dienone is 2. The van der Waals surface area contributed by atoms with Gasteiger partial charge in [0.05, 0.1) is 5.57 Å². The highest BCUT2D eigenvalue weighted by Gasteiger charge is 2.25. The molecule has 0 heterocycles. The van der Waals surface area contributed by atoms with Crippen LogP contribution in [0.25, 0.3) is 5.57 Å². The van der Waals surface area contributed by atoms with Gasteiger partial charge in [0.15, 0.2) is 0 Å². The van der Waals surface area contributed by atoms with Crippen molar-refractivity contribution in [3.05, 3.63) is 76.0 Å². The minimum atomic E-state index is -0.399. The average Bonchev–Trinajstić information content (AvgIpc) is 2.59. The van der Waals surface area contributed by atoms with E-state index in [0.29, 0.717) is 16.8 Å². The number of carbonyl (C=O) groups is 1. The van der Waals surface area contributed by atoms with E-state index < -0.39 is 5.41 Å². The molecule has 29 heavy (non-hydrogen) atoms. The van der Waals surface area contributed by atoms with Crippen LogP contribution < -0.4 is 5.32 Å². The van der Waals surface area contributed by atoms with E-state index in [-0.39, 0.29) is 11.3 Å². The summed E-state index contributed by atoms with van der Waals surface area (Å²) >= 11 is 0. The highest BCUT2D eigenvalue weighted by atomic mass is 16.1. The van der Waals surface area contributed by atoms with Gasteiger partial charge in [0.25, 0.3) is 5.91 Å². The van der Waals surface area contributed by atoms with Gasteiger partial charge in [0.2, 0.25) is 0 Å². The van der Waals surface area contributed by atoms with Crippen LogP contribution in [0.1, 0.15) is 74.2 Å². The zero-order chi connectivity index (χ0) is 22.0. The summed E-state index contributed by atoms with van der Waals surface area (Å²) in [6.45, 7) is 16.5. The van der Waals surface area contributed by atoms with Crippen molar-refractivity contribution in [3.63, 3.8) is 0 Å². The van der Waals surface area contributed by atoms with E-state index in [2.05, 4.69) is 38.2 Å². The third-order valence-corrected chi connectivity index (χ3v) is 4.87. The van der Waals surface area contributed by atoms with Gasteiger partial charge in [-0.05, 0) is 42.5 Å². The molecule has 0 aromatic heterocycles. The van der Waals surface area contributed by atoms with Crippen molar-refractivity contribution in [2.45, 2.75) is 60.8 Å². The first kappa shape index (κ1) is 22.4. The van der Waals surface area contributed by atoms with Crippen molar-refractivity contribution in [1.29, 1.82) is 5.26 Å². The molecule has 152 valence electrons. The van der Waals surface area contributed by atoms with Gasteiger partial charge in [-0.1, -0.05) is 83.0 Å². The Hall–Kier alpha value is -2.86. The molecule has 0 spiro atoms. The van der Waals surface area contributed by atoms with Crippen LogP contribution >= 0.6 is 0 Å². The summed E-state index contributed by atoms with van der Waals surface area (Å²) in [5, 5.41) is 13.0. The zero-order valence-electron chi connectivity index (χ0n) is 18.9. The number of carbonyl (C=O) groups excluding carboxylic acids is 1. The number of benzene rings is 2. The molecular weight excluding hydrogens is 356 g/mol. The molecule has 2 rings (SSSR count). The second kappa shape index (κ2) is 8.25. The third kappa shape index (κ3) is 5.57. The monoisotopic (exact) mass is 388 g/mol. The lowest BCUT2D eigenvalue weighted by Gasteiger charge is -2.26. The van der Waals surface area contributed by atoms with Crippen LogP contribution in [0.15, 0.2) is 48.2 Å². The van der Waals surface area contributed by atoms with E-state index in [1.54, 1.807) is 0 Å². The molecule has 0 radical (unpaired) electrons. The summed E-state index contributed by atoms with van der Waals surface area (Å²) in [5.74, 6) is -0.201. The fourth-order valence-electron chi connectivity index (χ4n) is 3.32. The van der Waals surface area contributed by atoms with Gasteiger partial charge in [0.1, 0.15) is 6.07 Å². The van der Waals surface area contributed by atoms with E-state index in [1.807, 2.05) is 71.0 Å². The summed E-state index contributed by atoms with van der Waals surface area (Å²) in [6.07, 6.45) is 0. The Bertz CT molecular complexity index is 955. The van der Waals surface area contributed by atoms with E-state index >= 15 is 0 Å².